The zero-order valence-corrected chi connectivity index (χ0v) is 16.7. The summed E-state index contributed by atoms with van der Waals surface area (Å²) in [5.74, 6) is 0.578. The number of likely N-dealkylation sites (tertiary alicyclic amines) is 1. The molecule has 0 saturated carbocycles. The molecule has 1 aromatic carbocycles. The van der Waals surface area contributed by atoms with Gasteiger partial charge in [-0.15, -0.1) is 5.10 Å². The number of amides is 2. The molecular formula is C20H27N5O3. The van der Waals surface area contributed by atoms with Gasteiger partial charge in [0.15, 0.2) is 5.69 Å². The van der Waals surface area contributed by atoms with Crippen molar-refractivity contribution in [1.82, 2.24) is 24.8 Å². The van der Waals surface area contributed by atoms with E-state index in [0.29, 0.717) is 19.6 Å². The summed E-state index contributed by atoms with van der Waals surface area (Å²) < 4.78 is 6.74. The van der Waals surface area contributed by atoms with Crippen LogP contribution in [0.5, 0.6) is 5.75 Å². The summed E-state index contributed by atoms with van der Waals surface area (Å²) in [6, 6.07) is 7.80. The fraction of sp³-hybridized carbons (Fsp3) is 0.500. The van der Waals surface area contributed by atoms with Gasteiger partial charge < -0.3 is 14.5 Å². The zero-order chi connectivity index (χ0) is 20.1. The van der Waals surface area contributed by atoms with Gasteiger partial charge >= 0.3 is 0 Å². The highest BCUT2D eigenvalue weighted by Crippen LogP contribution is 2.34. The number of rotatable bonds is 7. The Balaban J connectivity index is 1.73. The molecule has 0 radical (unpaired) electrons. The van der Waals surface area contributed by atoms with Crippen molar-refractivity contribution >= 4 is 11.8 Å². The molecule has 0 unspecified atom stereocenters. The fourth-order valence-electron chi connectivity index (χ4n) is 3.64. The van der Waals surface area contributed by atoms with Crippen molar-refractivity contribution in [2.24, 2.45) is 0 Å². The lowest BCUT2D eigenvalue weighted by molar-refractivity contribution is -0.131. The minimum absolute atomic E-state index is 0.00921. The van der Waals surface area contributed by atoms with Gasteiger partial charge in [-0.2, -0.15) is 0 Å². The number of benzene rings is 1. The van der Waals surface area contributed by atoms with Crippen LogP contribution in [0.1, 0.15) is 48.8 Å². The van der Waals surface area contributed by atoms with Crippen molar-refractivity contribution < 1.29 is 14.3 Å². The second-order valence-electron chi connectivity index (χ2n) is 6.80. The molecule has 2 heterocycles. The fourth-order valence-corrected chi connectivity index (χ4v) is 3.64. The van der Waals surface area contributed by atoms with Crippen molar-refractivity contribution in [3.63, 3.8) is 0 Å². The van der Waals surface area contributed by atoms with Crippen molar-refractivity contribution in [2.45, 2.75) is 39.3 Å². The average molecular weight is 385 g/mol. The molecule has 0 bridgehead atoms. The van der Waals surface area contributed by atoms with Gasteiger partial charge in [0, 0.05) is 19.6 Å². The van der Waals surface area contributed by atoms with Crippen LogP contribution in [0.3, 0.4) is 0 Å². The molecule has 1 atom stereocenters. The molecule has 0 spiro atoms. The first-order valence-electron chi connectivity index (χ1n) is 9.70. The Labute approximate surface area is 165 Å². The van der Waals surface area contributed by atoms with Crippen LogP contribution in [0.25, 0.3) is 0 Å². The highest BCUT2D eigenvalue weighted by atomic mass is 16.5. The third-order valence-electron chi connectivity index (χ3n) is 5.16. The maximum Gasteiger partial charge on any atom is 0.276 e. The summed E-state index contributed by atoms with van der Waals surface area (Å²) in [5.41, 5.74) is 1.32. The monoisotopic (exact) mass is 385 g/mol. The van der Waals surface area contributed by atoms with E-state index in [1.807, 2.05) is 43.0 Å². The van der Waals surface area contributed by atoms with Gasteiger partial charge in [0.05, 0.1) is 19.3 Å². The van der Waals surface area contributed by atoms with Crippen molar-refractivity contribution in [2.75, 3.05) is 26.7 Å². The van der Waals surface area contributed by atoms with Gasteiger partial charge in [-0.05, 0) is 44.4 Å². The summed E-state index contributed by atoms with van der Waals surface area (Å²) in [4.78, 5) is 28.8. The Kier molecular flexibility index (Phi) is 6.28. The van der Waals surface area contributed by atoms with E-state index in [9.17, 15) is 9.59 Å². The van der Waals surface area contributed by atoms with E-state index in [-0.39, 0.29) is 30.1 Å². The Morgan fingerprint density at radius 1 is 1.29 bits per heavy atom. The van der Waals surface area contributed by atoms with Crippen LogP contribution in [0.2, 0.25) is 0 Å². The number of hydrogen-bond acceptors (Lipinski definition) is 5. The van der Waals surface area contributed by atoms with Gasteiger partial charge in [-0.3, -0.25) is 9.59 Å². The number of carbonyl (C=O) groups excluding carboxylic acids is 2. The predicted octanol–water partition coefficient (Wildman–Crippen LogP) is 2.13. The highest BCUT2D eigenvalue weighted by molar-refractivity contribution is 5.92. The molecule has 1 aliphatic rings. The summed E-state index contributed by atoms with van der Waals surface area (Å²) in [5, 5.41) is 7.99. The quantitative estimate of drug-likeness (QED) is 0.729. The van der Waals surface area contributed by atoms with Crippen LogP contribution in [0, 0.1) is 0 Å². The van der Waals surface area contributed by atoms with E-state index in [4.69, 9.17) is 4.74 Å². The van der Waals surface area contributed by atoms with Crippen LogP contribution < -0.4 is 4.74 Å². The molecule has 0 N–H and O–H groups in total. The molecule has 8 heteroatoms. The zero-order valence-electron chi connectivity index (χ0n) is 16.7. The average Bonchev–Trinajstić information content (AvgIpc) is 3.38. The third kappa shape index (κ3) is 4.16. The molecule has 8 nitrogen and oxygen atoms in total. The number of hydrogen-bond donors (Lipinski definition) is 0. The molecule has 28 heavy (non-hydrogen) atoms. The lowest BCUT2D eigenvalue weighted by Gasteiger charge is -2.24. The summed E-state index contributed by atoms with van der Waals surface area (Å²) in [6.07, 6.45) is 3.39. The van der Waals surface area contributed by atoms with Crippen molar-refractivity contribution in [3.05, 3.63) is 41.7 Å². The normalized spacial score (nSPS) is 16.2. The minimum atomic E-state index is -0.160. The number of nitrogens with zero attached hydrogens (tertiary/aromatic N) is 5. The largest absolute Gasteiger partial charge is 0.497 e. The second kappa shape index (κ2) is 8.86. The maximum atomic E-state index is 13.0. The Hall–Kier alpha value is -2.90. The van der Waals surface area contributed by atoms with Gasteiger partial charge in [0.2, 0.25) is 5.91 Å². The molecule has 2 aromatic rings. The summed E-state index contributed by atoms with van der Waals surface area (Å²) >= 11 is 0. The predicted molar refractivity (Wildman–Crippen MR) is 104 cm³/mol. The van der Waals surface area contributed by atoms with Crippen LogP contribution in [0.15, 0.2) is 30.5 Å². The highest BCUT2D eigenvalue weighted by Gasteiger charge is 2.32. The van der Waals surface area contributed by atoms with Crippen LogP contribution in [-0.2, 0) is 11.3 Å². The molecular weight excluding hydrogens is 358 g/mol. The van der Waals surface area contributed by atoms with Gasteiger partial charge in [-0.1, -0.05) is 17.3 Å². The first-order valence-corrected chi connectivity index (χ1v) is 9.70. The summed E-state index contributed by atoms with van der Waals surface area (Å²) in [7, 11) is 1.63. The summed E-state index contributed by atoms with van der Waals surface area (Å²) in [6.45, 7) is 5.92. The van der Waals surface area contributed by atoms with E-state index in [2.05, 4.69) is 10.3 Å². The molecule has 1 aromatic heterocycles. The number of carbonyl (C=O) groups is 2. The molecule has 3 rings (SSSR count). The maximum absolute atomic E-state index is 13.0. The number of ether oxygens (including phenoxy) is 1. The van der Waals surface area contributed by atoms with E-state index >= 15 is 0 Å². The SMILES string of the molecule is CCN(CC)C(=O)Cn1cc(C(=O)N2CCC[C@H]2c2cccc(OC)c2)nn1. The number of aromatic nitrogens is 3. The number of likely N-dealkylation sites (N-methyl/N-ethyl adjacent to an activating group) is 1. The third-order valence-corrected chi connectivity index (χ3v) is 5.16. The molecule has 0 aliphatic carbocycles. The molecule has 1 saturated heterocycles. The minimum Gasteiger partial charge on any atom is -0.497 e. The van der Waals surface area contributed by atoms with E-state index in [1.54, 1.807) is 18.2 Å². The Morgan fingerprint density at radius 2 is 2.07 bits per heavy atom. The standard InChI is InChI=1S/C20H27N5O3/c1-4-23(5-2)19(26)14-24-13-17(21-22-24)20(27)25-11-7-10-18(25)15-8-6-9-16(12-15)28-3/h6,8-9,12-13,18H,4-5,7,10-11,14H2,1-3H3/t18-/m0/s1. The molecule has 2 amide bonds. The Bertz CT molecular complexity index is 831. The molecule has 1 aliphatic heterocycles. The van der Waals surface area contributed by atoms with Crippen LogP contribution in [0.4, 0.5) is 0 Å². The van der Waals surface area contributed by atoms with Crippen molar-refractivity contribution in [1.29, 1.82) is 0 Å². The lowest BCUT2D eigenvalue weighted by atomic mass is 10.0. The van der Waals surface area contributed by atoms with Gasteiger partial charge in [0.25, 0.3) is 5.91 Å². The molecule has 150 valence electrons. The topological polar surface area (TPSA) is 80.6 Å². The second-order valence-corrected chi connectivity index (χ2v) is 6.80. The smallest absolute Gasteiger partial charge is 0.276 e. The van der Waals surface area contributed by atoms with E-state index in [1.165, 1.54) is 4.68 Å². The van der Waals surface area contributed by atoms with Crippen molar-refractivity contribution in [3.8, 4) is 5.75 Å². The Morgan fingerprint density at radius 3 is 2.79 bits per heavy atom. The first kappa shape index (κ1) is 19.9. The van der Waals surface area contributed by atoms with E-state index < -0.39 is 0 Å². The van der Waals surface area contributed by atoms with Gasteiger partial charge in [-0.25, -0.2) is 4.68 Å². The lowest BCUT2D eigenvalue weighted by Crippen LogP contribution is -2.33. The number of methoxy groups -OCH3 is 1. The van der Waals surface area contributed by atoms with Gasteiger partial charge in [0.1, 0.15) is 12.3 Å². The van der Waals surface area contributed by atoms with Crippen LogP contribution in [-0.4, -0.2) is 63.4 Å². The van der Waals surface area contributed by atoms with Crippen LogP contribution >= 0.6 is 0 Å². The first-order chi connectivity index (χ1) is 13.6. The molecule has 1 fully saturated rings. The van der Waals surface area contributed by atoms with E-state index in [0.717, 1.165) is 24.2 Å².